The van der Waals surface area contributed by atoms with Crippen LogP contribution < -0.4 is 5.32 Å². The summed E-state index contributed by atoms with van der Waals surface area (Å²) < 4.78 is 2.42. The highest BCUT2D eigenvalue weighted by Crippen LogP contribution is 2.30. The average Bonchev–Trinajstić information content (AvgIpc) is 2.90. The van der Waals surface area contributed by atoms with E-state index in [1.165, 1.54) is 57.2 Å². The molecule has 106 valence electrons. The van der Waals surface area contributed by atoms with Gasteiger partial charge in [-0.2, -0.15) is 0 Å². The van der Waals surface area contributed by atoms with Gasteiger partial charge in [-0.15, -0.1) is 0 Å². The molecule has 19 heavy (non-hydrogen) atoms. The monoisotopic (exact) mass is 261 g/mol. The lowest BCUT2D eigenvalue weighted by Crippen LogP contribution is -2.29. The van der Waals surface area contributed by atoms with Crippen LogP contribution in [-0.2, 0) is 6.54 Å². The Morgan fingerprint density at radius 1 is 1.21 bits per heavy atom. The van der Waals surface area contributed by atoms with Gasteiger partial charge in [0.2, 0.25) is 0 Å². The molecule has 1 aromatic rings. The van der Waals surface area contributed by atoms with E-state index in [9.17, 15) is 0 Å². The minimum atomic E-state index is 0.541. The summed E-state index contributed by atoms with van der Waals surface area (Å²) in [5.74, 6) is 1.81. The van der Waals surface area contributed by atoms with Crippen molar-refractivity contribution in [2.45, 2.75) is 64.5 Å². The number of aromatic nitrogens is 2. The Hall–Kier alpha value is -0.830. The molecule has 0 amide bonds. The van der Waals surface area contributed by atoms with Gasteiger partial charge in [0.15, 0.2) is 0 Å². The van der Waals surface area contributed by atoms with Gasteiger partial charge in [0, 0.05) is 18.8 Å². The van der Waals surface area contributed by atoms with Gasteiger partial charge in [-0.1, -0.05) is 26.2 Å². The molecule has 1 aliphatic heterocycles. The molecule has 1 aromatic heterocycles. The molecule has 2 aliphatic rings. The topological polar surface area (TPSA) is 29.9 Å². The van der Waals surface area contributed by atoms with Crippen LogP contribution in [0.2, 0.25) is 0 Å². The number of rotatable bonds is 3. The fourth-order valence-electron chi connectivity index (χ4n) is 3.67. The van der Waals surface area contributed by atoms with Crippen LogP contribution in [0.1, 0.15) is 63.6 Å². The molecule has 1 aliphatic carbocycles. The second-order valence-corrected chi connectivity index (χ2v) is 6.60. The lowest BCUT2D eigenvalue weighted by Gasteiger charge is -2.29. The molecule has 0 spiro atoms. The van der Waals surface area contributed by atoms with E-state index in [0.29, 0.717) is 6.04 Å². The van der Waals surface area contributed by atoms with Crippen LogP contribution in [0.3, 0.4) is 0 Å². The first kappa shape index (κ1) is 13.2. The molecule has 1 unspecified atom stereocenters. The SMILES string of the molecule is CC1CCC(Cn2cncc2C2CCCCN2)CC1. The Labute approximate surface area is 116 Å². The van der Waals surface area contributed by atoms with Gasteiger partial charge < -0.3 is 9.88 Å². The first-order valence-corrected chi connectivity index (χ1v) is 8.06. The summed E-state index contributed by atoms with van der Waals surface area (Å²) in [6.45, 7) is 4.74. The summed E-state index contributed by atoms with van der Waals surface area (Å²) in [6.07, 6.45) is 13.7. The van der Waals surface area contributed by atoms with Crippen molar-refractivity contribution in [2.24, 2.45) is 11.8 Å². The Balaban J connectivity index is 1.63. The van der Waals surface area contributed by atoms with Crippen molar-refractivity contribution in [1.82, 2.24) is 14.9 Å². The molecule has 2 fully saturated rings. The molecule has 1 N–H and O–H groups in total. The van der Waals surface area contributed by atoms with Crippen molar-refractivity contribution < 1.29 is 0 Å². The fourth-order valence-corrected chi connectivity index (χ4v) is 3.67. The summed E-state index contributed by atoms with van der Waals surface area (Å²) in [5.41, 5.74) is 1.42. The third-order valence-corrected chi connectivity index (χ3v) is 5.00. The maximum atomic E-state index is 4.40. The first-order valence-electron chi connectivity index (χ1n) is 8.06. The van der Waals surface area contributed by atoms with Gasteiger partial charge in [-0.3, -0.25) is 0 Å². The lowest BCUT2D eigenvalue weighted by atomic mass is 9.83. The van der Waals surface area contributed by atoms with Crippen molar-refractivity contribution in [3.63, 3.8) is 0 Å². The van der Waals surface area contributed by atoms with E-state index in [0.717, 1.165) is 18.4 Å². The molecular weight excluding hydrogens is 234 g/mol. The summed E-state index contributed by atoms with van der Waals surface area (Å²) >= 11 is 0. The zero-order valence-corrected chi connectivity index (χ0v) is 12.1. The number of nitrogens with zero attached hydrogens (tertiary/aromatic N) is 2. The van der Waals surface area contributed by atoms with Crippen LogP contribution in [-0.4, -0.2) is 16.1 Å². The maximum Gasteiger partial charge on any atom is 0.0948 e. The number of hydrogen-bond donors (Lipinski definition) is 1. The zero-order valence-electron chi connectivity index (χ0n) is 12.1. The minimum absolute atomic E-state index is 0.541. The molecule has 0 radical (unpaired) electrons. The highest BCUT2D eigenvalue weighted by molar-refractivity contribution is 5.06. The van der Waals surface area contributed by atoms with Crippen molar-refractivity contribution in [3.8, 4) is 0 Å². The van der Waals surface area contributed by atoms with Gasteiger partial charge in [-0.25, -0.2) is 4.98 Å². The molecule has 3 nitrogen and oxygen atoms in total. The van der Waals surface area contributed by atoms with Crippen LogP contribution >= 0.6 is 0 Å². The zero-order chi connectivity index (χ0) is 13.1. The average molecular weight is 261 g/mol. The van der Waals surface area contributed by atoms with E-state index in [1.807, 2.05) is 6.33 Å². The molecule has 1 saturated heterocycles. The van der Waals surface area contributed by atoms with Gasteiger partial charge in [0.1, 0.15) is 0 Å². The smallest absolute Gasteiger partial charge is 0.0948 e. The molecule has 1 atom stereocenters. The second kappa shape index (κ2) is 6.08. The quantitative estimate of drug-likeness (QED) is 0.902. The Bertz CT molecular complexity index is 384. The van der Waals surface area contributed by atoms with Crippen molar-refractivity contribution in [1.29, 1.82) is 0 Å². The van der Waals surface area contributed by atoms with Crippen LogP contribution in [0, 0.1) is 11.8 Å². The first-order chi connectivity index (χ1) is 9.33. The maximum absolute atomic E-state index is 4.40. The predicted octanol–water partition coefficient (Wildman–Crippen LogP) is 3.52. The molecular formula is C16H27N3. The standard InChI is InChI=1S/C16H27N3/c1-13-5-7-14(8-6-13)11-19-12-17-10-16(19)15-4-2-3-9-18-15/h10,12-15,18H,2-9,11H2,1H3. The minimum Gasteiger partial charge on any atom is -0.333 e. The molecule has 3 rings (SSSR count). The Morgan fingerprint density at radius 3 is 2.79 bits per heavy atom. The number of nitrogens with one attached hydrogen (secondary N) is 1. The number of hydrogen-bond acceptors (Lipinski definition) is 2. The van der Waals surface area contributed by atoms with E-state index in [2.05, 4.69) is 28.0 Å². The van der Waals surface area contributed by atoms with Crippen molar-refractivity contribution >= 4 is 0 Å². The van der Waals surface area contributed by atoms with Crippen LogP contribution in [0.4, 0.5) is 0 Å². The van der Waals surface area contributed by atoms with E-state index >= 15 is 0 Å². The van der Waals surface area contributed by atoms with E-state index in [1.54, 1.807) is 0 Å². The van der Waals surface area contributed by atoms with Crippen LogP contribution in [0.15, 0.2) is 12.5 Å². The van der Waals surface area contributed by atoms with Gasteiger partial charge >= 0.3 is 0 Å². The number of piperidine rings is 1. The van der Waals surface area contributed by atoms with Gasteiger partial charge in [0.05, 0.1) is 12.0 Å². The Kier molecular flexibility index (Phi) is 4.21. The molecule has 2 heterocycles. The Morgan fingerprint density at radius 2 is 2.05 bits per heavy atom. The van der Waals surface area contributed by atoms with E-state index < -0.39 is 0 Å². The summed E-state index contributed by atoms with van der Waals surface area (Å²) in [6, 6.07) is 0.541. The molecule has 3 heteroatoms. The van der Waals surface area contributed by atoms with Gasteiger partial charge in [-0.05, 0) is 44.1 Å². The van der Waals surface area contributed by atoms with Crippen LogP contribution in [0.25, 0.3) is 0 Å². The second-order valence-electron chi connectivity index (χ2n) is 6.60. The highest BCUT2D eigenvalue weighted by atomic mass is 15.1. The van der Waals surface area contributed by atoms with E-state index in [4.69, 9.17) is 0 Å². The normalized spacial score (nSPS) is 32.4. The summed E-state index contributed by atoms with van der Waals surface area (Å²) in [5, 5.41) is 3.65. The van der Waals surface area contributed by atoms with Crippen molar-refractivity contribution in [2.75, 3.05) is 6.54 Å². The van der Waals surface area contributed by atoms with E-state index in [-0.39, 0.29) is 0 Å². The number of imidazole rings is 1. The van der Waals surface area contributed by atoms with Gasteiger partial charge in [0.25, 0.3) is 0 Å². The molecule has 0 aromatic carbocycles. The van der Waals surface area contributed by atoms with Crippen LogP contribution in [0.5, 0.6) is 0 Å². The molecule has 1 saturated carbocycles. The molecule has 0 bridgehead atoms. The lowest BCUT2D eigenvalue weighted by molar-refractivity contribution is 0.259. The third-order valence-electron chi connectivity index (χ3n) is 5.00. The highest BCUT2D eigenvalue weighted by Gasteiger charge is 2.22. The summed E-state index contributed by atoms with van der Waals surface area (Å²) in [4.78, 5) is 4.40. The largest absolute Gasteiger partial charge is 0.333 e. The third kappa shape index (κ3) is 3.19. The predicted molar refractivity (Wildman–Crippen MR) is 77.9 cm³/mol. The fraction of sp³-hybridized carbons (Fsp3) is 0.812. The summed E-state index contributed by atoms with van der Waals surface area (Å²) in [7, 11) is 0. The van der Waals surface area contributed by atoms with Crippen molar-refractivity contribution in [3.05, 3.63) is 18.2 Å².